The van der Waals surface area contributed by atoms with Crippen LogP contribution in [0, 0.1) is 11.7 Å². The molecular weight excluding hydrogens is 387 g/mol. The lowest BCUT2D eigenvalue weighted by atomic mass is 10.0. The summed E-state index contributed by atoms with van der Waals surface area (Å²) in [5.74, 6) is 5.87. The van der Waals surface area contributed by atoms with Gasteiger partial charge in [-0.1, -0.05) is 39.0 Å². The Labute approximate surface area is 178 Å². The Morgan fingerprint density at radius 2 is 2.00 bits per heavy atom. The van der Waals surface area contributed by atoms with Gasteiger partial charge in [0.25, 0.3) is 0 Å². The average Bonchev–Trinajstić information content (AvgIpc) is 2.72. The molecule has 0 aliphatic rings. The van der Waals surface area contributed by atoms with E-state index in [-0.39, 0.29) is 5.82 Å². The number of thioether (sulfide) groups is 1. The number of amides is 1. The van der Waals surface area contributed by atoms with E-state index >= 15 is 0 Å². The molecule has 0 saturated heterocycles. The van der Waals surface area contributed by atoms with Gasteiger partial charge in [0.15, 0.2) is 0 Å². The topological polar surface area (TPSA) is 70.4 Å². The Morgan fingerprint density at radius 1 is 1.28 bits per heavy atom. The summed E-state index contributed by atoms with van der Waals surface area (Å²) in [7, 11) is 3.34. The van der Waals surface area contributed by atoms with Gasteiger partial charge in [-0.15, -0.1) is 11.8 Å². The summed E-state index contributed by atoms with van der Waals surface area (Å²) in [5, 5.41) is 4.18. The highest BCUT2D eigenvalue weighted by Crippen LogP contribution is 2.32. The van der Waals surface area contributed by atoms with Crippen LogP contribution in [0.25, 0.3) is 0 Å². The van der Waals surface area contributed by atoms with E-state index in [1.54, 1.807) is 17.8 Å². The van der Waals surface area contributed by atoms with Crippen molar-refractivity contribution in [1.29, 1.82) is 0 Å². The number of nitrogens with one attached hydrogen (secondary N) is 2. The van der Waals surface area contributed by atoms with Crippen molar-refractivity contribution in [2.45, 2.75) is 44.3 Å². The van der Waals surface area contributed by atoms with Crippen molar-refractivity contribution >= 4 is 23.9 Å². The summed E-state index contributed by atoms with van der Waals surface area (Å²) >= 11 is 1.73. The molecular formula is C22H33FN4OS. The molecule has 7 heteroatoms. The zero-order valence-electron chi connectivity index (χ0n) is 18.0. The Bertz CT molecular complexity index is 770. The van der Waals surface area contributed by atoms with E-state index in [1.165, 1.54) is 29.1 Å². The number of carbonyl (C=O) groups is 1. The molecule has 0 fully saturated rings. The summed E-state index contributed by atoms with van der Waals surface area (Å²) in [5.41, 5.74) is 6.40. The highest BCUT2D eigenvalue weighted by Gasteiger charge is 2.10. The van der Waals surface area contributed by atoms with Crippen molar-refractivity contribution in [2.24, 2.45) is 11.8 Å². The molecule has 2 aromatic rings. The SMILES string of the molecule is CCc1ccc(CC(C)C)cc1SCc1c(F)cccc1NC.CN(C=O)NN. The van der Waals surface area contributed by atoms with Gasteiger partial charge >= 0.3 is 0 Å². The summed E-state index contributed by atoms with van der Waals surface area (Å²) in [6.45, 7) is 6.64. The van der Waals surface area contributed by atoms with Crippen molar-refractivity contribution in [3.63, 3.8) is 0 Å². The van der Waals surface area contributed by atoms with E-state index < -0.39 is 0 Å². The maximum Gasteiger partial charge on any atom is 0.224 e. The first-order valence-corrected chi connectivity index (χ1v) is 10.7. The zero-order valence-corrected chi connectivity index (χ0v) is 18.8. The lowest BCUT2D eigenvalue weighted by Crippen LogP contribution is -2.38. The van der Waals surface area contributed by atoms with Crippen LogP contribution in [0.3, 0.4) is 0 Å². The normalized spacial score (nSPS) is 10.3. The van der Waals surface area contributed by atoms with Gasteiger partial charge in [0.05, 0.1) is 0 Å². The van der Waals surface area contributed by atoms with Gasteiger partial charge in [-0.2, -0.15) is 5.53 Å². The Hall–Kier alpha value is -2.09. The minimum atomic E-state index is -0.138. The number of aryl methyl sites for hydroxylation is 1. The fourth-order valence-corrected chi connectivity index (χ4v) is 3.97. The molecule has 0 bridgehead atoms. The smallest absolute Gasteiger partial charge is 0.224 e. The number of benzene rings is 2. The number of hydrazine groups is 2. The van der Waals surface area contributed by atoms with Crippen LogP contribution in [0.5, 0.6) is 0 Å². The first kappa shape index (κ1) is 24.9. The summed E-state index contributed by atoms with van der Waals surface area (Å²) in [6.07, 6.45) is 2.65. The number of hydrogen-bond acceptors (Lipinski definition) is 5. The second-order valence-electron chi connectivity index (χ2n) is 7.04. The van der Waals surface area contributed by atoms with Crippen LogP contribution in [0.4, 0.5) is 10.1 Å². The van der Waals surface area contributed by atoms with Gasteiger partial charge in [-0.25, -0.2) is 4.39 Å². The second-order valence-corrected chi connectivity index (χ2v) is 8.06. The molecule has 1 amide bonds. The highest BCUT2D eigenvalue weighted by atomic mass is 32.2. The number of nitrogens with two attached hydrogens (primary N) is 1. The highest BCUT2D eigenvalue weighted by molar-refractivity contribution is 7.98. The van der Waals surface area contributed by atoms with Gasteiger partial charge in [0.2, 0.25) is 6.41 Å². The number of hydrogen-bond donors (Lipinski definition) is 3. The molecule has 0 spiro atoms. The Morgan fingerprint density at radius 3 is 2.52 bits per heavy atom. The lowest BCUT2D eigenvalue weighted by molar-refractivity contribution is -0.119. The molecule has 0 saturated carbocycles. The van der Waals surface area contributed by atoms with E-state index in [0.29, 0.717) is 18.1 Å². The van der Waals surface area contributed by atoms with Gasteiger partial charge in [-0.05, 0) is 48.1 Å². The van der Waals surface area contributed by atoms with Crippen molar-refractivity contribution in [3.05, 3.63) is 58.9 Å². The maximum atomic E-state index is 14.1. The van der Waals surface area contributed by atoms with Crippen LogP contribution in [-0.2, 0) is 23.4 Å². The molecule has 0 aliphatic carbocycles. The van der Waals surface area contributed by atoms with Crippen LogP contribution in [0.2, 0.25) is 0 Å². The molecule has 0 aliphatic heterocycles. The molecule has 160 valence electrons. The third-order valence-electron chi connectivity index (χ3n) is 4.28. The van der Waals surface area contributed by atoms with E-state index in [0.717, 1.165) is 29.1 Å². The molecule has 2 aromatic carbocycles. The second kappa shape index (κ2) is 13.2. The van der Waals surface area contributed by atoms with Crippen LogP contribution < -0.4 is 16.7 Å². The predicted octanol–water partition coefficient (Wildman–Crippen LogP) is 4.37. The number of halogens is 1. The number of carbonyl (C=O) groups excluding carboxylic acids is 1. The number of nitrogens with zero attached hydrogens (tertiary/aromatic N) is 1. The number of anilines is 1. The molecule has 0 heterocycles. The molecule has 0 radical (unpaired) electrons. The van der Waals surface area contributed by atoms with Gasteiger partial charge in [-0.3, -0.25) is 15.6 Å². The van der Waals surface area contributed by atoms with Crippen LogP contribution in [-0.4, -0.2) is 25.5 Å². The maximum absolute atomic E-state index is 14.1. The fraction of sp³-hybridized carbons (Fsp3) is 0.409. The lowest BCUT2D eigenvalue weighted by Gasteiger charge is -2.14. The van der Waals surface area contributed by atoms with Crippen molar-refractivity contribution in [3.8, 4) is 0 Å². The van der Waals surface area contributed by atoms with Gasteiger partial charge < -0.3 is 5.32 Å². The zero-order chi connectivity index (χ0) is 21.8. The fourth-order valence-electron chi connectivity index (χ4n) is 2.74. The van der Waals surface area contributed by atoms with Crippen molar-refractivity contribution in [1.82, 2.24) is 10.5 Å². The van der Waals surface area contributed by atoms with Crippen LogP contribution in [0.1, 0.15) is 37.5 Å². The molecule has 0 atom stereocenters. The predicted molar refractivity (Wildman–Crippen MR) is 121 cm³/mol. The van der Waals surface area contributed by atoms with E-state index in [2.05, 4.69) is 49.8 Å². The molecule has 29 heavy (non-hydrogen) atoms. The molecule has 2 rings (SSSR count). The Kier molecular flexibility index (Phi) is 11.3. The van der Waals surface area contributed by atoms with Crippen molar-refractivity contribution in [2.75, 3.05) is 19.4 Å². The van der Waals surface area contributed by atoms with E-state index in [9.17, 15) is 9.18 Å². The van der Waals surface area contributed by atoms with Crippen LogP contribution >= 0.6 is 11.8 Å². The monoisotopic (exact) mass is 420 g/mol. The molecule has 0 unspecified atom stereocenters. The van der Waals surface area contributed by atoms with Gasteiger partial charge in [0.1, 0.15) is 5.82 Å². The summed E-state index contributed by atoms with van der Waals surface area (Å²) < 4.78 is 14.1. The van der Waals surface area contributed by atoms with E-state index in [4.69, 9.17) is 5.84 Å². The van der Waals surface area contributed by atoms with Gasteiger partial charge in [0, 0.05) is 36.0 Å². The average molecular weight is 421 g/mol. The first-order chi connectivity index (χ1) is 13.9. The van der Waals surface area contributed by atoms with Crippen molar-refractivity contribution < 1.29 is 9.18 Å². The molecule has 5 nitrogen and oxygen atoms in total. The standard InChI is InChI=1S/C20H26FNS.C2H7N3O/c1-5-16-10-9-15(11-14(2)3)12-20(16)23-13-17-18(21)7-6-8-19(17)22-4;1-5(2-6)4-3/h6-10,12,14,22H,5,11,13H2,1-4H3;2,4H,3H2,1H3. The van der Waals surface area contributed by atoms with E-state index in [1.807, 2.05) is 13.1 Å². The minimum absolute atomic E-state index is 0.138. The molecule has 0 aromatic heterocycles. The quantitative estimate of drug-likeness (QED) is 0.243. The Balaban J connectivity index is 0.000000612. The first-order valence-electron chi connectivity index (χ1n) is 9.70. The largest absolute Gasteiger partial charge is 0.388 e. The minimum Gasteiger partial charge on any atom is -0.388 e. The molecule has 4 N–H and O–H groups in total. The summed E-state index contributed by atoms with van der Waals surface area (Å²) in [4.78, 5) is 10.8. The third-order valence-corrected chi connectivity index (χ3v) is 5.40. The third kappa shape index (κ3) is 8.43. The summed E-state index contributed by atoms with van der Waals surface area (Å²) in [6, 6.07) is 11.9. The number of rotatable bonds is 9. The van der Waals surface area contributed by atoms with Crippen LogP contribution in [0.15, 0.2) is 41.3 Å².